The summed E-state index contributed by atoms with van der Waals surface area (Å²) in [7, 11) is -4.13. The van der Waals surface area contributed by atoms with Gasteiger partial charge < -0.3 is 5.32 Å². The molecule has 0 fully saturated rings. The molecule has 1 amide bonds. The molecular formula is C22H19Cl2FN2O3S2. The molecule has 0 bridgehead atoms. The van der Waals surface area contributed by atoms with Crippen molar-refractivity contribution in [3.63, 3.8) is 0 Å². The van der Waals surface area contributed by atoms with Gasteiger partial charge >= 0.3 is 0 Å². The SMILES string of the molecule is CSc1ccc(S(=O)(=O)N(CC(=O)NCc2ccc(Cl)cc2Cl)c2cccc(F)c2)cc1. The van der Waals surface area contributed by atoms with Gasteiger partial charge in [0.05, 0.1) is 10.6 Å². The lowest BCUT2D eigenvalue weighted by Crippen LogP contribution is -2.40. The number of anilines is 1. The molecule has 168 valence electrons. The lowest BCUT2D eigenvalue weighted by molar-refractivity contribution is -0.119. The van der Waals surface area contributed by atoms with Crippen LogP contribution in [0, 0.1) is 5.82 Å². The maximum Gasteiger partial charge on any atom is 0.264 e. The first-order chi connectivity index (χ1) is 15.2. The largest absolute Gasteiger partial charge is 0.350 e. The second-order valence-electron chi connectivity index (χ2n) is 6.68. The third kappa shape index (κ3) is 5.95. The summed E-state index contributed by atoms with van der Waals surface area (Å²) >= 11 is 13.5. The molecule has 0 aromatic heterocycles. The van der Waals surface area contributed by atoms with Gasteiger partial charge in [-0.2, -0.15) is 0 Å². The van der Waals surface area contributed by atoms with Crippen molar-refractivity contribution in [2.45, 2.75) is 16.3 Å². The lowest BCUT2D eigenvalue weighted by Gasteiger charge is -2.24. The third-order valence-corrected chi connectivity index (χ3v) is 7.64. The van der Waals surface area contributed by atoms with Crippen LogP contribution in [-0.4, -0.2) is 27.1 Å². The molecule has 0 aliphatic heterocycles. The molecule has 3 aromatic carbocycles. The summed E-state index contributed by atoms with van der Waals surface area (Å²) in [6.07, 6.45) is 1.87. The Balaban J connectivity index is 1.86. The summed E-state index contributed by atoms with van der Waals surface area (Å²) in [5.74, 6) is -1.20. The summed E-state index contributed by atoms with van der Waals surface area (Å²) in [6, 6.07) is 16.2. The molecule has 0 atom stereocenters. The number of hydrogen-bond donors (Lipinski definition) is 1. The number of rotatable bonds is 8. The van der Waals surface area contributed by atoms with Crippen molar-refractivity contribution < 1.29 is 17.6 Å². The number of benzene rings is 3. The molecule has 0 heterocycles. The molecule has 0 aliphatic carbocycles. The highest BCUT2D eigenvalue weighted by Crippen LogP contribution is 2.26. The molecule has 0 aliphatic rings. The fraction of sp³-hybridized carbons (Fsp3) is 0.136. The number of carbonyl (C=O) groups excluding carboxylic acids is 1. The van der Waals surface area contributed by atoms with E-state index in [1.165, 1.54) is 42.1 Å². The van der Waals surface area contributed by atoms with E-state index in [0.717, 1.165) is 15.3 Å². The second-order valence-corrected chi connectivity index (χ2v) is 10.3. The van der Waals surface area contributed by atoms with Gasteiger partial charge in [0.1, 0.15) is 12.4 Å². The van der Waals surface area contributed by atoms with E-state index in [4.69, 9.17) is 23.2 Å². The van der Waals surface area contributed by atoms with Gasteiger partial charge in [0.15, 0.2) is 0 Å². The number of hydrogen-bond acceptors (Lipinski definition) is 4. The molecule has 0 spiro atoms. The maximum absolute atomic E-state index is 13.9. The van der Waals surface area contributed by atoms with Crippen molar-refractivity contribution in [3.05, 3.63) is 88.2 Å². The monoisotopic (exact) mass is 512 g/mol. The van der Waals surface area contributed by atoms with Crippen LogP contribution >= 0.6 is 35.0 Å². The average molecular weight is 513 g/mol. The zero-order valence-corrected chi connectivity index (χ0v) is 20.0. The van der Waals surface area contributed by atoms with Crippen molar-refractivity contribution in [2.75, 3.05) is 17.1 Å². The Hall–Kier alpha value is -2.26. The lowest BCUT2D eigenvalue weighted by atomic mass is 10.2. The standard InChI is InChI=1S/C22H19Cl2FN2O3S2/c1-31-19-7-9-20(10-8-19)32(29,30)27(18-4-2-3-17(25)12-18)14-22(28)26-13-15-5-6-16(23)11-21(15)24/h2-12H,13-14H2,1H3,(H,26,28). The Labute approximate surface area is 200 Å². The van der Waals surface area contributed by atoms with Crippen molar-refractivity contribution in [2.24, 2.45) is 0 Å². The van der Waals surface area contributed by atoms with E-state index in [0.29, 0.717) is 15.6 Å². The summed E-state index contributed by atoms with van der Waals surface area (Å²) in [4.78, 5) is 13.5. The second kappa shape index (κ2) is 10.6. The van der Waals surface area contributed by atoms with Crippen molar-refractivity contribution in [1.82, 2.24) is 5.32 Å². The van der Waals surface area contributed by atoms with Crippen LogP contribution in [0.15, 0.2) is 76.5 Å². The molecule has 0 radical (unpaired) electrons. The Bertz CT molecular complexity index is 1220. The Kier molecular flexibility index (Phi) is 8.05. The van der Waals surface area contributed by atoms with Gasteiger partial charge in [0, 0.05) is 21.5 Å². The van der Waals surface area contributed by atoms with Crippen molar-refractivity contribution in [1.29, 1.82) is 0 Å². The first-order valence-electron chi connectivity index (χ1n) is 9.33. The number of nitrogens with one attached hydrogen (secondary N) is 1. The molecule has 0 saturated heterocycles. The normalized spacial score (nSPS) is 11.2. The number of halogens is 3. The van der Waals surface area contributed by atoms with Crippen LogP contribution in [0.1, 0.15) is 5.56 Å². The zero-order chi connectivity index (χ0) is 23.3. The first-order valence-corrected chi connectivity index (χ1v) is 12.8. The Morgan fingerprint density at radius 3 is 2.41 bits per heavy atom. The fourth-order valence-electron chi connectivity index (χ4n) is 2.87. The van der Waals surface area contributed by atoms with Crippen LogP contribution in [0.2, 0.25) is 10.0 Å². The first kappa shape index (κ1) is 24.4. The minimum atomic E-state index is -4.13. The predicted molar refractivity (Wildman–Crippen MR) is 127 cm³/mol. The molecule has 3 aromatic rings. The Morgan fingerprint density at radius 2 is 1.78 bits per heavy atom. The van der Waals surface area contributed by atoms with E-state index in [-0.39, 0.29) is 17.1 Å². The van der Waals surface area contributed by atoms with Crippen LogP contribution < -0.4 is 9.62 Å². The highest BCUT2D eigenvalue weighted by atomic mass is 35.5. The van der Waals surface area contributed by atoms with Gasteiger partial charge in [-0.05, 0) is 66.4 Å². The van der Waals surface area contributed by atoms with Crippen LogP contribution in [0.4, 0.5) is 10.1 Å². The maximum atomic E-state index is 13.9. The highest BCUT2D eigenvalue weighted by Gasteiger charge is 2.27. The van der Waals surface area contributed by atoms with E-state index < -0.39 is 28.3 Å². The van der Waals surface area contributed by atoms with Crippen molar-refractivity contribution in [3.8, 4) is 0 Å². The quantitative estimate of drug-likeness (QED) is 0.412. The molecule has 0 unspecified atom stereocenters. The van der Waals surface area contributed by atoms with Crippen molar-refractivity contribution >= 4 is 56.6 Å². The minimum Gasteiger partial charge on any atom is -0.350 e. The summed E-state index contributed by atoms with van der Waals surface area (Å²) in [6.45, 7) is -0.463. The van der Waals surface area contributed by atoms with Crippen LogP contribution in [0.5, 0.6) is 0 Å². The number of amides is 1. The molecular weight excluding hydrogens is 494 g/mol. The van der Waals surface area contributed by atoms with E-state index in [9.17, 15) is 17.6 Å². The summed E-state index contributed by atoms with van der Waals surface area (Å²) in [5.41, 5.74) is 0.663. The molecule has 0 saturated carbocycles. The van der Waals surface area contributed by atoms with Gasteiger partial charge in [-0.15, -0.1) is 11.8 Å². The molecule has 5 nitrogen and oxygen atoms in total. The van der Waals surface area contributed by atoms with Gasteiger partial charge in [0.2, 0.25) is 5.91 Å². The minimum absolute atomic E-state index is 0.00638. The van der Waals surface area contributed by atoms with Gasteiger partial charge in [-0.1, -0.05) is 35.3 Å². The van der Waals surface area contributed by atoms with Crippen LogP contribution in [-0.2, 0) is 21.4 Å². The van der Waals surface area contributed by atoms with Gasteiger partial charge in [-0.25, -0.2) is 12.8 Å². The van der Waals surface area contributed by atoms with E-state index >= 15 is 0 Å². The van der Waals surface area contributed by atoms with E-state index in [1.807, 2.05) is 6.26 Å². The number of carbonyl (C=O) groups is 1. The number of thioether (sulfide) groups is 1. The third-order valence-electron chi connectivity index (χ3n) is 4.52. The van der Waals surface area contributed by atoms with Crippen LogP contribution in [0.25, 0.3) is 0 Å². The summed E-state index contributed by atoms with van der Waals surface area (Å²) < 4.78 is 41.4. The number of sulfonamides is 1. The van der Waals surface area contributed by atoms with Gasteiger partial charge in [-0.3, -0.25) is 9.10 Å². The van der Waals surface area contributed by atoms with Gasteiger partial charge in [0.25, 0.3) is 10.0 Å². The molecule has 32 heavy (non-hydrogen) atoms. The fourth-order valence-corrected chi connectivity index (χ4v) is 5.16. The van der Waals surface area contributed by atoms with E-state index in [1.54, 1.807) is 30.3 Å². The average Bonchev–Trinajstić information content (AvgIpc) is 2.76. The topological polar surface area (TPSA) is 66.5 Å². The smallest absolute Gasteiger partial charge is 0.264 e. The number of nitrogens with zero attached hydrogens (tertiary/aromatic N) is 1. The van der Waals surface area contributed by atoms with E-state index in [2.05, 4.69) is 5.32 Å². The summed E-state index contributed by atoms with van der Waals surface area (Å²) in [5, 5.41) is 3.48. The molecule has 3 rings (SSSR count). The highest BCUT2D eigenvalue weighted by molar-refractivity contribution is 7.98. The molecule has 1 N–H and O–H groups in total. The Morgan fingerprint density at radius 1 is 1.06 bits per heavy atom. The van der Waals surface area contributed by atoms with Crippen LogP contribution in [0.3, 0.4) is 0 Å². The molecule has 10 heteroatoms. The predicted octanol–water partition coefficient (Wildman–Crippen LogP) is 5.37. The zero-order valence-electron chi connectivity index (χ0n) is 16.9.